The number of hydrogen-bond donors (Lipinski definition) is 0. The molecule has 0 aromatic carbocycles. The molecule has 56 valence electrons. The third-order valence-electron chi connectivity index (χ3n) is 2.88. The highest BCUT2D eigenvalue weighted by Gasteiger charge is 2.24. The first-order valence-electron chi connectivity index (χ1n) is 4.33. The second-order valence-corrected chi connectivity index (χ2v) is 3.94. The van der Waals surface area contributed by atoms with Crippen LogP contribution >= 0.6 is 0 Å². The van der Waals surface area contributed by atoms with Crippen LogP contribution in [0, 0.1) is 0 Å². The molecule has 1 saturated heterocycles. The van der Waals surface area contributed by atoms with E-state index in [9.17, 15) is 0 Å². The average molecular weight is 137 g/mol. The van der Waals surface area contributed by atoms with Crippen molar-refractivity contribution in [2.75, 3.05) is 0 Å². The van der Waals surface area contributed by atoms with Crippen LogP contribution in [-0.4, -0.2) is 32.7 Å². The van der Waals surface area contributed by atoms with Gasteiger partial charge in [-0.2, -0.15) is 0 Å². The molecule has 1 nitrogen and oxygen atoms in total. The Hall–Kier alpha value is 0.0899. The van der Waals surface area contributed by atoms with Gasteiger partial charge in [0.25, 0.3) is 0 Å². The fourth-order valence-electron chi connectivity index (χ4n) is 2.03. The van der Waals surface area contributed by atoms with E-state index >= 15 is 0 Å². The zero-order valence-corrected chi connectivity index (χ0v) is 7.59. The molecular weight excluding hydrogens is 120 g/mol. The fraction of sp³-hybridized carbons (Fsp3) is 1.00. The second kappa shape index (κ2) is 3.00. The van der Waals surface area contributed by atoms with Gasteiger partial charge in [0.2, 0.25) is 0 Å². The zero-order chi connectivity index (χ0) is 7.72. The van der Waals surface area contributed by atoms with E-state index in [4.69, 9.17) is 0 Å². The molecule has 0 amide bonds. The lowest BCUT2D eigenvalue weighted by Gasteiger charge is -2.39. The van der Waals surface area contributed by atoms with E-state index in [2.05, 4.69) is 34.5 Å². The van der Waals surface area contributed by atoms with Crippen molar-refractivity contribution in [1.82, 2.24) is 4.81 Å². The summed E-state index contributed by atoms with van der Waals surface area (Å²) in [5.41, 5.74) is 0. The molecule has 0 bridgehead atoms. The third-order valence-corrected chi connectivity index (χ3v) is 2.88. The molecule has 1 aliphatic rings. The SMILES string of the molecule is BC1CC(C)N(B)C(C)C1. The van der Waals surface area contributed by atoms with E-state index in [0.717, 1.165) is 17.9 Å². The molecule has 0 radical (unpaired) electrons. The Kier molecular flexibility index (Phi) is 2.45. The van der Waals surface area contributed by atoms with Crippen LogP contribution in [0.2, 0.25) is 5.82 Å². The van der Waals surface area contributed by atoms with Gasteiger partial charge in [-0.05, 0) is 24.9 Å². The van der Waals surface area contributed by atoms with E-state index in [1.165, 1.54) is 12.8 Å². The molecule has 1 heterocycles. The fourth-order valence-corrected chi connectivity index (χ4v) is 2.03. The van der Waals surface area contributed by atoms with Crippen LogP contribution in [0.1, 0.15) is 26.7 Å². The summed E-state index contributed by atoms with van der Waals surface area (Å²) in [7, 11) is 4.60. The van der Waals surface area contributed by atoms with Gasteiger partial charge in [0.1, 0.15) is 7.85 Å². The van der Waals surface area contributed by atoms with Gasteiger partial charge in [-0.1, -0.05) is 19.7 Å². The first-order chi connectivity index (χ1) is 4.61. The quantitative estimate of drug-likeness (QED) is 0.419. The van der Waals surface area contributed by atoms with Crippen LogP contribution in [-0.2, 0) is 0 Å². The van der Waals surface area contributed by atoms with E-state index in [0.29, 0.717) is 0 Å². The number of piperidine rings is 1. The molecule has 0 aromatic rings. The number of rotatable bonds is 0. The summed E-state index contributed by atoms with van der Waals surface area (Å²) in [6.45, 7) is 4.65. The molecule has 1 aliphatic heterocycles. The van der Waals surface area contributed by atoms with Crippen molar-refractivity contribution in [1.29, 1.82) is 0 Å². The molecule has 0 aliphatic carbocycles. The highest BCUT2D eigenvalue weighted by Crippen LogP contribution is 2.27. The van der Waals surface area contributed by atoms with Gasteiger partial charge >= 0.3 is 0 Å². The summed E-state index contributed by atoms with van der Waals surface area (Å²) >= 11 is 0. The van der Waals surface area contributed by atoms with Crippen LogP contribution in [0.15, 0.2) is 0 Å². The molecule has 1 fully saturated rings. The third kappa shape index (κ3) is 1.57. The lowest BCUT2D eigenvalue weighted by Crippen LogP contribution is -2.43. The van der Waals surface area contributed by atoms with Crippen molar-refractivity contribution >= 4 is 15.8 Å². The highest BCUT2D eigenvalue weighted by molar-refractivity contribution is 6.12. The van der Waals surface area contributed by atoms with Crippen molar-refractivity contribution in [2.45, 2.75) is 44.6 Å². The second-order valence-electron chi connectivity index (χ2n) is 3.94. The van der Waals surface area contributed by atoms with Crippen molar-refractivity contribution in [3.8, 4) is 0 Å². The summed E-state index contributed by atoms with van der Waals surface area (Å²) in [4.78, 5) is 2.49. The standard InChI is InChI=1S/C7H17B2N/c1-5-3-7(8)4-6(2)10(5)9/h5-7H,3-4,8-9H2,1-2H3. The predicted octanol–water partition coefficient (Wildman–Crippen LogP) is -0.171. The maximum absolute atomic E-state index is 2.49. The van der Waals surface area contributed by atoms with E-state index < -0.39 is 0 Å². The summed E-state index contributed by atoms with van der Waals surface area (Å²) < 4.78 is 0. The van der Waals surface area contributed by atoms with Gasteiger partial charge < -0.3 is 4.81 Å². The maximum atomic E-state index is 2.49. The molecule has 10 heavy (non-hydrogen) atoms. The van der Waals surface area contributed by atoms with Crippen LogP contribution in [0.4, 0.5) is 0 Å². The minimum atomic E-state index is 0.791. The molecule has 2 atom stereocenters. The lowest BCUT2D eigenvalue weighted by molar-refractivity contribution is 0.212. The molecule has 0 saturated carbocycles. The minimum absolute atomic E-state index is 0.791. The Morgan fingerprint density at radius 3 is 2.00 bits per heavy atom. The van der Waals surface area contributed by atoms with Gasteiger partial charge in [-0.3, -0.25) is 0 Å². The van der Waals surface area contributed by atoms with E-state index in [1.807, 2.05) is 0 Å². The highest BCUT2D eigenvalue weighted by atomic mass is 15.1. The Bertz CT molecular complexity index is 106. The Balaban J connectivity index is 2.49. The number of hydrogen-bond acceptors (Lipinski definition) is 1. The Morgan fingerprint density at radius 2 is 1.60 bits per heavy atom. The maximum Gasteiger partial charge on any atom is 0.186 e. The molecule has 2 unspecified atom stereocenters. The summed E-state index contributed by atoms with van der Waals surface area (Å²) in [5.74, 6) is 0.932. The molecular formula is C7H17B2N. The van der Waals surface area contributed by atoms with Crippen molar-refractivity contribution < 1.29 is 0 Å². The lowest BCUT2D eigenvalue weighted by atomic mass is 9.73. The van der Waals surface area contributed by atoms with Crippen LogP contribution in [0.3, 0.4) is 0 Å². The molecule has 1 rings (SSSR count). The van der Waals surface area contributed by atoms with Crippen molar-refractivity contribution in [2.24, 2.45) is 0 Å². The first-order valence-corrected chi connectivity index (χ1v) is 4.33. The zero-order valence-electron chi connectivity index (χ0n) is 7.59. The van der Waals surface area contributed by atoms with Crippen LogP contribution < -0.4 is 0 Å². The number of nitrogens with zero attached hydrogens (tertiary/aromatic N) is 1. The largest absolute Gasteiger partial charge is 0.344 e. The molecule has 0 aromatic heterocycles. The monoisotopic (exact) mass is 137 g/mol. The summed E-state index contributed by atoms with van der Waals surface area (Å²) in [5, 5.41) is 0. The van der Waals surface area contributed by atoms with Gasteiger partial charge in [-0.25, -0.2) is 0 Å². The first kappa shape index (κ1) is 8.19. The van der Waals surface area contributed by atoms with Crippen molar-refractivity contribution in [3.05, 3.63) is 0 Å². The topological polar surface area (TPSA) is 3.24 Å². The van der Waals surface area contributed by atoms with Crippen LogP contribution in [0.25, 0.3) is 0 Å². The normalized spacial score (nSPS) is 43.6. The predicted molar refractivity (Wildman–Crippen MR) is 50.8 cm³/mol. The minimum Gasteiger partial charge on any atom is -0.344 e. The molecule has 0 spiro atoms. The van der Waals surface area contributed by atoms with Gasteiger partial charge in [-0.15, -0.1) is 0 Å². The Morgan fingerprint density at radius 1 is 1.20 bits per heavy atom. The van der Waals surface area contributed by atoms with E-state index in [-0.39, 0.29) is 0 Å². The smallest absolute Gasteiger partial charge is 0.186 e. The van der Waals surface area contributed by atoms with E-state index in [1.54, 1.807) is 0 Å². The van der Waals surface area contributed by atoms with Crippen LogP contribution in [0.5, 0.6) is 0 Å². The summed E-state index contributed by atoms with van der Waals surface area (Å²) in [6.07, 6.45) is 2.75. The summed E-state index contributed by atoms with van der Waals surface area (Å²) in [6, 6.07) is 1.58. The van der Waals surface area contributed by atoms with Gasteiger partial charge in [0.05, 0.1) is 0 Å². The van der Waals surface area contributed by atoms with Gasteiger partial charge in [0, 0.05) is 0 Å². The van der Waals surface area contributed by atoms with Crippen molar-refractivity contribution in [3.63, 3.8) is 0 Å². The van der Waals surface area contributed by atoms with Gasteiger partial charge in [0.15, 0.2) is 7.98 Å². The molecule has 3 heteroatoms. The Labute approximate surface area is 66.0 Å². The average Bonchev–Trinajstić information content (AvgIpc) is 1.82. The molecule has 0 N–H and O–H groups in total.